The van der Waals surface area contributed by atoms with Crippen molar-refractivity contribution in [1.29, 1.82) is 0 Å². The van der Waals surface area contributed by atoms with Gasteiger partial charge < -0.3 is 15.4 Å². The maximum atomic E-state index is 12.9. The molecule has 0 saturated carbocycles. The van der Waals surface area contributed by atoms with Crippen LogP contribution in [0.4, 0.5) is 10.1 Å². The first kappa shape index (κ1) is 19.4. The third-order valence-corrected chi connectivity index (χ3v) is 3.74. The van der Waals surface area contributed by atoms with Gasteiger partial charge in [0.25, 0.3) is 11.8 Å². The molecule has 0 aliphatic rings. The fourth-order valence-electron chi connectivity index (χ4n) is 2.27. The highest BCUT2D eigenvalue weighted by Crippen LogP contribution is 2.17. The van der Waals surface area contributed by atoms with E-state index in [9.17, 15) is 14.0 Å². The highest BCUT2D eigenvalue weighted by Gasteiger charge is 2.18. The molecule has 0 saturated heterocycles. The molecule has 2 rings (SSSR count). The van der Waals surface area contributed by atoms with Gasteiger partial charge in [0, 0.05) is 6.54 Å². The number of unbranched alkanes of at least 4 members (excludes halogenated alkanes) is 1. The zero-order chi connectivity index (χ0) is 18.9. The first-order valence-corrected chi connectivity index (χ1v) is 8.61. The van der Waals surface area contributed by atoms with Crippen LogP contribution in [0.5, 0.6) is 5.75 Å². The van der Waals surface area contributed by atoms with Gasteiger partial charge in [-0.2, -0.15) is 0 Å². The number of rotatable bonds is 8. The third-order valence-electron chi connectivity index (χ3n) is 3.74. The largest absolute Gasteiger partial charge is 0.481 e. The molecule has 1 atom stereocenters. The van der Waals surface area contributed by atoms with Crippen molar-refractivity contribution in [2.45, 2.75) is 32.8 Å². The number of carbonyl (C=O) groups excluding carboxylic acids is 2. The SMILES string of the molecule is CCCCNC(=O)c1ccccc1NC(=O)[C@H](C)Oc1ccc(F)cc1. The van der Waals surface area contributed by atoms with Crippen LogP contribution in [0.25, 0.3) is 0 Å². The average molecular weight is 358 g/mol. The van der Waals surface area contributed by atoms with E-state index in [0.29, 0.717) is 23.5 Å². The fraction of sp³-hybridized carbons (Fsp3) is 0.300. The van der Waals surface area contributed by atoms with E-state index in [4.69, 9.17) is 4.74 Å². The number of nitrogens with one attached hydrogen (secondary N) is 2. The number of para-hydroxylation sites is 1. The third kappa shape index (κ3) is 5.58. The molecule has 0 aromatic heterocycles. The standard InChI is InChI=1S/C20H23FN2O3/c1-3-4-13-22-20(25)17-7-5-6-8-18(17)23-19(24)14(2)26-16-11-9-15(21)10-12-16/h5-12,14H,3-4,13H2,1-2H3,(H,22,25)(H,23,24)/t14-/m0/s1. The maximum Gasteiger partial charge on any atom is 0.265 e. The summed E-state index contributed by atoms with van der Waals surface area (Å²) in [5.74, 6) is -0.623. The molecular formula is C20H23FN2O3. The molecule has 6 heteroatoms. The smallest absolute Gasteiger partial charge is 0.265 e. The lowest BCUT2D eigenvalue weighted by Crippen LogP contribution is -2.32. The highest BCUT2D eigenvalue weighted by atomic mass is 19.1. The van der Waals surface area contributed by atoms with Crippen LogP contribution in [0, 0.1) is 5.82 Å². The number of hydrogen-bond donors (Lipinski definition) is 2. The summed E-state index contributed by atoms with van der Waals surface area (Å²) >= 11 is 0. The molecule has 138 valence electrons. The highest BCUT2D eigenvalue weighted by molar-refractivity contribution is 6.04. The van der Waals surface area contributed by atoms with E-state index in [-0.39, 0.29) is 11.7 Å². The van der Waals surface area contributed by atoms with Crippen molar-refractivity contribution in [2.75, 3.05) is 11.9 Å². The van der Waals surface area contributed by atoms with Crippen molar-refractivity contribution >= 4 is 17.5 Å². The van der Waals surface area contributed by atoms with Crippen LogP contribution in [-0.2, 0) is 4.79 Å². The van der Waals surface area contributed by atoms with Gasteiger partial charge in [-0.1, -0.05) is 25.5 Å². The Kier molecular flexibility index (Phi) is 7.14. The molecule has 2 aromatic carbocycles. The predicted molar refractivity (Wildman–Crippen MR) is 98.8 cm³/mol. The quantitative estimate of drug-likeness (QED) is 0.706. The van der Waals surface area contributed by atoms with Crippen LogP contribution in [0.15, 0.2) is 48.5 Å². The minimum Gasteiger partial charge on any atom is -0.481 e. The van der Waals surface area contributed by atoms with Gasteiger partial charge in [-0.3, -0.25) is 9.59 Å². The number of anilines is 1. The Hall–Kier alpha value is -2.89. The van der Waals surface area contributed by atoms with E-state index >= 15 is 0 Å². The van der Waals surface area contributed by atoms with E-state index in [2.05, 4.69) is 10.6 Å². The van der Waals surface area contributed by atoms with Crippen LogP contribution < -0.4 is 15.4 Å². The van der Waals surface area contributed by atoms with E-state index in [1.807, 2.05) is 6.92 Å². The number of amides is 2. The normalized spacial score (nSPS) is 11.5. The monoisotopic (exact) mass is 358 g/mol. The van der Waals surface area contributed by atoms with Crippen molar-refractivity contribution in [2.24, 2.45) is 0 Å². The fourth-order valence-corrected chi connectivity index (χ4v) is 2.27. The van der Waals surface area contributed by atoms with Crippen LogP contribution in [0.2, 0.25) is 0 Å². The summed E-state index contributed by atoms with van der Waals surface area (Å²) in [5.41, 5.74) is 0.812. The van der Waals surface area contributed by atoms with Crippen molar-refractivity contribution in [3.63, 3.8) is 0 Å². The molecule has 0 fully saturated rings. The Bertz CT molecular complexity index is 747. The van der Waals surface area contributed by atoms with Crippen LogP contribution >= 0.6 is 0 Å². The van der Waals surface area contributed by atoms with Gasteiger partial charge in [-0.05, 0) is 49.7 Å². The van der Waals surface area contributed by atoms with Crippen molar-refractivity contribution in [3.8, 4) is 5.75 Å². The molecule has 2 amide bonds. The van der Waals surface area contributed by atoms with Gasteiger partial charge in [-0.25, -0.2) is 4.39 Å². The zero-order valence-electron chi connectivity index (χ0n) is 14.9. The van der Waals surface area contributed by atoms with Crippen molar-refractivity contribution in [3.05, 3.63) is 59.9 Å². The average Bonchev–Trinajstić information content (AvgIpc) is 2.64. The van der Waals surface area contributed by atoms with E-state index in [1.54, 1.807) is 31.2 Å². The molecule has 2 N–H and O–H groups in total. The van der Waals surface area contributed by atoms with Gasteiger partial charge >= 0.3 is 0 Å². The van der Waals surface area contributed by atoms with Crippen LogP contribution in [0.1, 0.15) is 37.0 Å². The molecule has 2 aromatic rings. The number of hydrogen-bond acceptors (Lipinski definition) is 3. The lowest BCUT2D eigenvalue weighted by Gasteiger charge is -2.16. The first-order chi connectivity index (χ1) is 12.5. The number of halogens is 1. The van der Waals surface area contributed by atoms with Crippen molar-refractivity contribution in [1.82, 2.24) is 5.32 Å². The van der Waals surface area contributed by atoms with Crippen molar-refractivity contribution < 1.29 is 18.7 Å². The molecule has 0 spiro atoms. The topological polar surface area (TPSA) is 67.4 Å². The summed E-state index contributed by atoms with van der Waals surface area (Å²) in [6.07, 6.45) is 1.07. The van der Waals surface area contributed by atoms with Gasteiger partial charge in [0.2, 0.25) is 0 Å². The van der Waals surface area contributed by atoms with E-state index in [1.165, 1.54) is 24.3 Å². The molecule has 0 aliphatic carbocycles. The number of carbonyl (C=O) groups is 2. The van der Waals surface area contributed by atoms with Crippen LogP contribution in [-0.4, -0.2) is 24.5 Å². The second-order valence-corrected chi connectivity index (χ2v) is 5.86. The zero-order valence-corrected chi connectivity index (χ0v) is 14.9. The van der Waals surface area contributed by atoms with Gasteiger partial charge in [0.05, 0.1) is 11.3 Å². The molecule has 0 radical (unpaired) electrons. The lowest BCUT2D eigenvalue weighted by atomic mass is 10.1. The van der Waals surface area contributed by atoms with E-state index < -0.39 is 12.0 Å². The second-order valence-electron chi connectivity index (χ2n) is 5.86. The maximum absolute atomic E-state index is 12.9. The molecule has 0 aliphatic heterocycles. The summed E-state index contributed by atoms with van der Waals surface area (Å²) in [4.78, 5) is 24.7. The Morgan fingerprint density at radius 2 is 1.81 bits per heavy atom. The molecule has 0 unspecified atom stereocenters. The first-order valence-electron chi connectivity index (χ1n) is 8.61. The van der Waals surface area contributed by atoms with Crippen LogP contribution in [0.3, 0.4) is 0 Å². The Labute approximate surface area is 152 Å². The van der Waals surface area contributed by atoms with Gasteiger partial charge in [0.15, 0.2) is 6.10 Å². The Morgan fingerprint density at radius 3 is 2.50 bits per heavy atom. The predicted octanol–water partition coefficient (Wildman–Crippen LogP) is 3.76. The summed E-state index contributed by atoms with van der Waals surface area (Å²) < 4.78 is 18.4. The Morgan fingerprint density at radius 1 is 1.12 bits per heavy atom. The number of benzene rings is 2. The summed E-state index contributed by atoms with van der Waals surface area (Å²) in [6, 6.07) is 12.2. The van der Waals surface area contributed by atoms with E-state index in [0.717, 1.165) is 12.8 Å². The molecular weight excluding hydrogens is 335 g/mol. The van der Waals surface area contributed by atoms with Gasteiger partial charge in [-0.15, -0.1) is 0 Å². The lowest BCUT2D eigenvalue weighted by molar-refractivity contribution is -0.122. The summed E-state index contributed by atoms with van der Waals surface area (Å²) in [7, 11) is 0. The Balaban J connectivity index is 2.01. The molecule has 26 heavy (non-hydrogen) atoms. The minimum absolute atomic E-state index is 0.235. The van der Waals surface area contributed by atoms with Gasteiger partial charge in [0.1, 0.15) is 11.6 Å². The molecule has 0 heterocycles. The molecule has 5 nitrogen and oxygen atoms in total. The molecule has 0 bridgehead atoms. The second kappa shape index (κ2) is 9.56. The summed E-state index contributed by atoms with van der Waals surface area (Å²) in [6.45, 7) is 4.22. The summed E-state index contributed by atoms with van der Waals surface area (Å²) in [5, 5.41) is 5.55. The minimum atomic E-state index is -0.809. The number of ether oxygens (including phenoxy) is 1.